The lowest BCUT2D eigenvalue weighted by Gasteiger charge is -2.27. The summed E-state index contributed by atoms with van der Waals surface area (Å²) < 4.78 is 5.30. The normalized spacial score (nSPS) is 15.6. The summed E-state index contributed by atoms with van der Waals surface area (Å²) in [5.74, 6) is 0.589. The molecule has 0 aliphatic carbocycles. The number of nitrogens with two attached hydrogens (primary N) is 1. The van der Waals surface area contributed by atoms with E-state index in [1.54, 1.807) is 0 Å². The largest absolute Gasteiger partial charge is 0.482 e. The highest BCUT2D eigenvalue weighted by Gasteiger charge is 2.17. The van der Waals surface area contributed by atoms with E-state index in [2.05, 4.69) is 17.1 Å². The van der Waals surface area contributed by atoms with Gasteiger partial charge >= 0.3 is 0 Å². The van der Waals surface area contributed by atoms with Crippen LogP contribution in [0.5, 0.6) is 5.75 Å². The maximum absolute atomic E-state index is 11.2. The van der Waals surface area contributed by atoms with Gasteiger partial charge in [-0.1, -0.05) is 0 Å². The standard InChI is InChI=1S/C12H17N3O2/c1-8(6-13)15(2)9-3-4-11-10(5-9)14-12(16)7-17-11/h3-5,8H,6-7,13H2,1-2H3,(H,14,16). The average molecular weight is 235 g/mol. The first-order chi connectivity index (χ1) is 8.11. The van der Waals surface area contributed by atoms with Crippen LogP contribution < -0.4 is 20.7 Å². The fourth-order valence-corrected chi connectivity index (χ4v) is 1.70. The molecule has 1 aliphatic rings. The van der Waals surface area contributed by atoms with E-state index < -0.39 is 0 Å². The number of ether oxygens (including phenoxy) is 1. The van der Waals surface area contributed by atoms with Crippen LogP contribution in [-0.2, 0) is 4.79 Å². The van der Waals surface area contributed by atoms with Crippen molar-refractivity contribution in [2.75, 3.05) is 30.4 Å². The van der Waals surface area contributed by atoms with E-state index in [0.29, 0.717) is 12.3 Å². The molecular weight excluding hydrogens is 218 g/mol. The quantitative estimate of drug-likeness (QED) is 0.813. The molecule has 0 fully saturated rings. The second-order valence-corrected chi connectivity index (χ2v) is 4.21. The molecule has 0 saturated heterocycles. The van der Waals surface area contributed by atoms with E-state index in [-0.39, 0.29) is 18.6 Å². The molecule has 0 radical (unpaired) electrons. The lowest BCUT2D eigenvalue weighted by atomic mass is 10.2. The van der Waals surface area contributed by atoms with Gasteiger partial charge in [0.2, 0.25) is 0 Å². The zero-order valence-electron chi connectivity index (χ0n) is 10.1. The number of carbonyl (C=O) groups excluding carboxylic acids is 1. The Kier molecular flexibility index (Phi) is 3.19. The van der Waals surface area contributed by atoms with Crippen LogP contribution in [0.25, 0.3) is 0 Å². The summed E-state index contributed by atoms with van der Waals surface area (Å²) >= 11 is 0. The lowest BCUT2D eigenvalue weighted by molar-refractivity contribution is -0.118. The van der Waals surface area contributed by atoms with Crippen molar-refractivity contribution in [1.82, 2.24) is 0 Å². The number of hydrogen-bond donors (Lipinski definition) is 2. The second kappa shape index (κ2) is 4.63. The Morgan fingerprint density at radius 2 is 2.35 bits per heavy atom. The van der Waals surface area contributed by atoms with Crippen molar-refractivity contribution in [1.29, 1.82) is 0 Å². The average Bonchev–Trinajstić information content (AvgIpc) is 2.36. The van der Waals surface area contributed by atoms with Crippen molar-refractivity contribution in [2.45, 2.75) is 13.0 Å². The molecule has 17 heavy (non-hydrogen) atoms. The molecule has 1 heterocycles. The maximum Gasteiger partial charge on any atom is 0.262 e. The van der Waals surface area contributed by atoms with Gasteiger partial charge in [-0.15, -0.1) is 0 Å². The van der Waals surface area contributed by atoms with Crippen molar-refractivity contribution >= 4 is 17.3 Å². The number of likely N-dealkylation sites (N-methyl/N-ethyl adjacent to an activating group) is 1. The molecule has 0 aromatic heterocycles. The third kappa shape index (κ3) is 2.34. The van der Waals surface area contributed by atoms with Gasteiger partial charge in [0.1, 0.15) is 5.75 Å². The molecule has 0 bridgehead atoms. The first-order valence-electron chi connectivity index (χ1n) is 5.61. The molecule has 1 aliphatic heterocycles. The molecule has 1 aromatic rings. The Bertz CT molecular complexity index is 434. The minimum atomic E-state index is -0.121. The fourth-order valence-electron chi connectivity index (χ4n) is 1.70. The van der Waals surface area contributed by atoms with Crippen molar-refractivity contribution < 1.29 is 9.53 Å². The van der Waals surface area contributed by atoms with Gasteiger partial charge in [0.05, 0.1) is 5.69 Å². The molecule has 5 nitrogen and oxygen atoms in total. The molecule has 2 rings (SSSR count). The zero-order chi connectivity index (χ0) is 12.4. The van der Waals surface area contributed by atoms with Crippen LogP contribution in [0.15, 0.2) is 18.2 Å². The number of carbonyl (C=O) groups is 1. The van der Waals surface area contributed by atoms with E-state index in [1.165, 1.54) is 0 Å². The predicted molar refractivity (Wildman–Crippen MR) is 67.5 cm³/mol. The minimum absolute atomic E-state index is 0.0847. The maximum atomic E-state index is 11.2. The van der Waals surface area contributed by atoms with Crippen molar-refractivity contribution in [3.8, 4) is 5.75 Å². The second-order valence-electron chi connectivity index (χ2n) is 4.21. The Labute approximate surface area is 101 Å². The Hall–Kier alpha value is -1.75. The lowest BCUT2D eigenvalue weighted by Crippen LogP contribution is -2.35. The highest BCUT2D eigenvalue weighted by Crippen LogP contribution is 2.31. The van der Waals surface area contributed by atoms with Gasteiger partial charge in [-0.3, -0.25) is 4.79 Å². The van der Waals surface area contributed by atoms with E-state index >= 15 is 0 Å². The number of anilines is 2. The van der Waals surface area contributed by atoms with Crippen molar-refractivity contribution in [3.05, 3.63) is 18.2 Å². The third-order valence-corrected chi connectivity index (χ3v) is 3.01. The van der Waals surface area contributed by atoms with Crippen molar-refractivity contribution in [3.63, 3.8) is 0 Å². The zero-order valence-corrected chi connectivity index (χ0v) is 10.1. The Balaban J connectivity index is 2.26. The third-order valence-electron chi connectivity index (χ3n) is 3.01. The fraction of sp³-hybridized carbons (Fsp3) is 0.417. The number of nitrogens with zero attached hydrogens (tertiary/aromatic N) is 1. The first-order valence-corrected chi connectivity index (χ1v) is 5.61. The molecule has 0 spiro atoms. The van der Waals surface area contributed by atoms with Crippen LogP contribution >= 0.6 is 0 Å². The summed E-state index contributed by atoms with van der Waals surface area (Å²) in [5.41, 5.74) is 7.36. The molecule has 1 atom stereocenters. The summed E-state index contributed by atoms with van der Waals surface area (Å²) in [6.45, 7) is 2.71. The summed E-state index contributed by atoms with van der Waals surface area (Å²) in [4.78, 5) is 13.3. The molecule has 1 amide bonds. The number of rotatable bonds is 3. The topological polar surface area (TPSA) is 67.6 Å². The van der Waals surface area contributed by atoms with Crippen LogP contribution in [0.3, 0.4) is 0 Å². The minimum Gasteiger partial charge on any atom is -0.482 e. The van der Waals surface area contributed by atoms with Gasteiger partial charge in [-0.25, -0.2) is 0 Å². The number of fused-ring (bicyclic) bond motifs is 1. The monoisotopic (exact) mass is 235 g/mol. The Morgan fingerprint density at radius 3 is 3.06 bits per heavy atom. The van der Waals surface area contributed by atoms with Crippen LogP contribution in [0.1, 0.15) is 6.92 Å². The molecule has 1 aromatic carbocycles. The van der Waals surface area contributed by atoms with Crippen LogP contribution in [0.4, 0.5) is 11.4 Å². The van der Waals surface area contributed by atoms with Crippen molar-refractivity contribution in [2.24, 2.45) is 5.73 Å². The molecule has 92 valence electrons. The van der Waals surface area contributed by atoms with E-state index in [9.17, 15) is 4.79 Å². The number of nitrogens with one attached hydrogen (secondary N) is 1. The number of benzene rings is 1. The summed E-state index contributed by atoms with van der Waals surface area (Å²) in [6, 6.07) is 5.97. The smallest absolute Gasteiger partial charge is 0.262 e. The van der Waals surface area contributed by atoms with Gasteiger partial charge < -0.3 is 20.7 Å². The van der Waals surface area contributed by atoms with Crippen LogP contribution in [-0.4, -0.2) is 32.1 Å². The van der Waals surface area contributed by atoms with E-state index in [1.807, 2.05) is 25.2 Å². The van der Waals surface area contributed by atoms with E-state index in [0.717, 1.165) is 11.4 Å². The highest BCUT2D eigenvalue weighted by molar-refractivity contribution is 5.96. The predicted octanol–water partition coefficient (Wildman–Crippen LogP) is 0.801. The van der Waals surface area contributed by atoms with Crippen LogP contribution in [0, 0.1) is 0 Å². The molecule has 1 unspecified atom stereocenters. The molecular formula is C12H17N3O2. The van der Waals surface area contributed by atoms with Gasteiger partial charge in [0, 0.05) is 25.3 Å². The van der Waals surface area contributed by atoms with Gasteiger partial charge in [-0.2, -0.15) is 0 Å². The number of amides is 1. The molecule has 0 saturated carbocycles. The molecule has 3 N–H and O–H groups in total. The summed E-state index contributed by atoms with van der Waals surface area (Å²) in [6.07, 6.45) is 0. The van der Waals surface area contributed by atoms with Gasteiger partial charge in [-0.05, 0) is 25.1 Å². The van der Waals surface area contributed by atoms with E-state index in [4.69, 9.17) is 10.5 Å². The number of hydrogen-bond acceptors (Lipinski definition) is 4. The first kappa shape index (κ1) is 11.7. The summed E-state index contributed by atoms with van der Waals surface area (Å²) in [7, 11) is 1.98. The van der Waals surface area contributed by atoms with Gasteiger partial charge in [0.25, 0.3) is 5.91 Å². The van der Waals surface area contributed by atoms with Gasteiger partial charge in [0.15, 0.2) is 6.61 Å². The molecule has 5 heteroatoms. The summed E-state index contributed by atoms with van der Waals surface area (Å²) in [5, 5.41) is 2.79. The SMILES string of the molecule is CC(CN)N(C)c1ccc2c(c1)NC(=O)CO2. The highest BCUT2D eigenvalue weighted by atomic mass is 16.5. The van der Waals surface area contributed by atoms with Crippen LogP contribution in [0.2, 0.25) is 0 Å². The Morgan fingerprint density at radius 1 is 1.59 bits per heavy atom.